The van der Waals surface area contributed by atoms with Crippen LogP contribution in [-0.4, -0.2) is 5.11 Å². The van der Waals surface area contributed by atoms with E-state index in [0.29, 0.717) is 0 Å². The molecule has 1 radical (unpaired) electrons. The van der Waals surface area contributed by atoms with E-state index in [9.17, 15) is 0 Å². The van der Waals surface area contributed by atoms with Crippen molar-refractivity contribution in [2.45, 2.75) is 65.2 Å². The summed E-state index contributed by atoms with van der Waals surface area (Å²) in [5, 5.41) is 8.44. The van der Waals surface area contributed by atoms with Crippen molar-refractivity contribution in [3.05, 3.63) is 6.61 Å². The summed E-state index contributed by atoms with van der Waals surface area (Å²) in [6.45, 7) is 5.85. The van der Waals surface area contributed by atoms with Crippen molar-refractivity contribution in [3.8, 4) is 0 Å². The Morgan fingerprint density at radius 3 is 2.00 bits per heavy atom. The average molecular weight is 185 g/mol. The summed E-state index contributed by atoms with van der Waals surface area (Å²) in [6.07, 6.45) is 10.2. The summed E-state index contributed by atoms with van der Waals surface area (Å²) >= 11 is 0. The van der Waals surface area contributed by atoms with Crippen LogP contribution in [0, 0.1) is 12.5 Å². The van der Waals surface area contributed by atoms with Crippen molar-refractivity contribution in [3.63, 3.8) is 0 Å². The van der Waals surface area contributed by atoms with E-state index in [1.54, 1.807) is 0 Å². The van der Waals surface area contributed by atoms with Crippen LogP contribution < -0.4 is 0 Å². The monoisotopic (exact) mass is 185 g/mol. The van der Waals surface area contributed by atoms with Crippen LogP contribution in [0.25, 0.3) is 0 Å². The Labute approximate surface area is 83.5 Å². The second-order valence-corrected chi connectivity index (χ2v) is 4.28. The molecule has 79 valence electrons. The molecule has 0 saturated carbocycles. The lowest BCUT2D eigenvalue weighted by molar-refractivity contribution is 0.366. The maximum Gasteiger partial charge on any atom is 0.0799 e. The first kappa shape index (κ1) is 13.0. The Morgan fingerprint density at radius 1 is 0.923 bits per heavy atom. The van der Waals surface area contributed by atoms with Gasteiger partial charge in [0.1, 0.15) is 0 Å². The molecule has 0 aliphatic heterocycles. The average Bonchev–Trinajstić information content (AvgIpc) is 2.09. The maximum absolute atomic E-state index is 8.44. The van der Waals surface area contributed by atoms with Crippen molar-refractivity contribution in [1.82, 2.24) is 0 Å². The van der Waals surface area contributed by atoms with Gasteiger partial charge in [0.25, 0.3) is 0 Å². The Kier molecular flexibility index (Phi) is 10.0. The smallest absolute Gasteiger partial charge is 0.0799 e. The Bertz CT molecular complexity index is 89.1. The summed E-state index contributed by atoms with van der Waals surface area (Å²) in [5.74, 6) is 0.865. The summed E-state index contributed by atoms with van der Waals surface area (Å²) in [4.78, 5) is 0. The molecule has 0 saturated heterocycles. The van der Waals surface area contributed by atoms with Gasteiger partial charge in [0.05, 0.1) is 6.61 Å². The maximum atomic E-state index is 8.44. The zero-order chi connectivity index (χ0) is 9.94. The van der Waals surface area contributed by atoms with Gasteiger partial charge in [0.15, 0.2) is 0 Å². The van der Waals surface area contributed by atoms with Gasteiger partial charge in [0, 0.05) is 0 Å². The summed E-state index contributed by atoms with van der Waals surface area (Å²) < 4.78 is 0. The van der Waals surface area contributed by atoms with Crippen LogP contribution >= 0.6 is 0 Å². The van der Waals surface area contributed by atoms with Gasteiger partial charge in [-0.2, -0.15) is 0 Å². The molecule has 1 N–H and O–H groups in total. The minimum atomic E-state index is 0.865. The highest BCUT2D eigenvalue weighted by atomic mass is 16.2. The molecular weight excluding hydrogens is 160 g/mol. The summed E-state index contributed by atoms with van der Waals surface area (Å²) in [7, 11) is 0. The molecule has 0 atom stereocenters. The van der Waals surface area contributed by atoms with Crippen molar-refractivity contribution in [2.24, 2.45) is 5.92 Å². The second-order valence-electron chi connectivity index (χ2n) is 4.28. The fraction of sp³-hybridized carbons (Fsp3) is 0.917. The lowest BCUT2D eigenvalue weighted by atomic mass is 10.0. The molecule has 1 heteroatoms. The van der Waals surface area contributed by atoms with Gasteiger partial charge in [-0.05, 0) is 12.3 Å². The van der Waals surface area contributed by atoms with Crippen LogP contribution in [-0.2, 0) is 0 Å². The van der Waals surface area contributed by atoms with E-state index in [-0.39, 0.29) is 0 Å². The van der Waals surface area contributed by atoms with Gasteiger partial charge in [-0.1, -0.05) is 58.8 Å². The largest absolute Gasteiger partial charge is 0.390 e. The van der Waals surface area contributed by atoms with Crippen LogP contribution in [0.4, 0.5) is 0 Å². The molecule has 0 spiro atoms. The highest BCUT2D eigenvalue weighted by Gasteiger charge is 1.94. The predicted molar refractivity (Wildman–Crippen MR) is 58.0 cm³/mol. The van der Waals surface area contributed by atoms with E-state index in [2.05, 4.69) is 13.8 Å². The molecule has 0 aromatic rings. The molecule has 0 aromatic carbocycles. The Hall–Kier alpha value is -0.0400. The zero-order valence-electron chi connectivity index (χ0n) is 9.26. The van der Waals surface area contributed by atoms with E-state index < -0.39 is 0 Å². The number of rotatable bonds is 9. The minimum absolute atomic E-state index is 0.865. The molecule has 0 unspecified atom stereocenters. The first-order valence-electron chi connectivity index (χ1n) is 5.73. The van der Waals surface area contributed by atoms with Crippen molar-refractivity contribution < 1.29 is 5.11 Å². The van der Waals surface area contributed by atoms with E-state index in [0.717, 1.165) is 18.8 Å². The van der Waals surface area contributed by atoms with Crippen LogP contribution in [0.3, 0.4) is 0 Å². The lowest BCUT2D eigenvalue weighted by Crippen LogP contribution is -1.87. The number of aliphatic hydroxyl groups is 1. The molecular formula is C12H25O. The standard InChI is InChI=1S/C12H25O/c1-12(2)10-8-6-4-3-5-7-9-11-13/h11-13H,3-10H2,1-2H3. The first-order chi connectivity index (χ1) is 6.27. The molecule has 0 amide bonds. The van der Waals surface area contributed by atoms with Gasteiger partial charge in [-0.3, -0.25) is 0 Å². The van der Waals surface area contributed by atoms with Crippen LogP contribution in [0.5, 0.6) is 0 Å². The van der Waals surface area contributed by atoms with Crippen molar-refractivity contribution in [2.75, 3.05) is 0 Å². The minimum Gasteiger partial charge on any atom is -0.390 e. The highest BCUT2D eigenvalue weighted by molar-refractivity contribution is 4.51. The van der Waals surface area contributed by atoms with Gasteiger partial charge in [-0.25, -0.2) is 0 Å². The molecule has 0 aromatic heterocycles. The van der Waals surface area contributed by atoms with Crippen LogP contribution in [0.2, 0.25) is 0 Å². The fourth-order valence-electron chi connectivity index (χ4n) is 1.50. The van der Waals surface area contributed by atoms with Crippen LogP contribution in [0.15, 0.2) is 0 Å². The quantitative estimate of drug-likeness (QED) is 0.531. The number of hydrogen-bond acceptors (Lipinski definition) is 1. The normalized spacial score (nSPS) is 11.1. The summed E-state index contributed by atoms with van der Waals surface area (Å²) in [6, 6.07) is 0. The van der Waals surface area contributed by atoms with Gasteiger partial charge in [0.2, 0.25) is 0 Å². The lowest BCUT2D eigenvalue weighted by Gasteiger charge is -2.03. The zero-order valence-corrected chi connectivity index (χ0v) is 9.26. The molecule has 0 aliphatic carbocycles. The predicted octanol–water partition coefficient (Wildman–Crippen LogP) is 4.30. The van der Waals surface area contributed by atoms with E-state index in [1.807, 2.05) is 0 Å². The highest BCUT2D eigenvalue weighted by Crippen LogP contribution is 2.11. The molecule has 1 nitrogen and oxygen atoms in total. The van der Waals surface area contributed by atoms with Gasteiger partial charge >= 0.3 is 0 Å². The van der Waals surface area contributed by atoms with Gasteiger partial charge in [-0.15, -0.1) is 0 Å². The van der Waals surface area contributed by atoms with Crippen molar-refractivity contribution in [1.29, 1.82) is 0 Å². The Morgan fingerprint density at radius 2 is 1.46 bits per heavy atom. The molecule has 0 aliphatic rings. The Balaban J connectivity index is 2.84. The first-order valence-corrected chi connectivity index (χ1v) is 5.73. The molecule has 0 heterocycles. The molecule has 0 rings (SSSR count). The number of aliphatic hydroxyl groups excluding tert-OH is 1. The van der Waals surface area contributed by atoms with Crippen molar-refractivity contribution >= 4 is 0 Å². The van der Waals surface area contributed by atoms with Gasteiger partial charge < -0.3 is 5.11 Å². The second kappa shape index (κ2) is 10.0. The number of hydrogen-bond donors (Lipinski definition) is 1. The van der Waals surface area contributed by atoms with E-state index in [1.165, 1.54) is 45.1 Å². The van der Waals surface area contributed by atoms with E-state index in [4.69, 9.17) is 5.11 Å². The molecule has 0 fully saturated rings. The third-order valence-corrected chi connectivity index (χ3v) is 2.36. The SMILES string of the molecule is CC(C)CCCCCCCC[CH]O. The summed E-state index contributed by atoms with van der Waals surface area (Å²) in [5.41, 5.74) is 0. The molecule has 0 bridgehead atoms. The third-order valence-electron chi connectivity index (χ3n) is 2.36. The fourth-order valence-corrected chi connectivity index (χ4v) is 1.50. The number of unbranched alkanes of at least 4 members (excludes halogenated alkanes) is 6. The van der Waals surface area contributed by atoms with E-state index >= 15 is 0 Å². The topological polar surface area (TPSA) is 20.2 Å². The molecule has 13 heavy (non-hydrogen) atoms. The van der Waals surface area contributed by atoms with Crippen LogP contribution in [0.1, 0.15) is 65.2 Å². The third kappa shape index (κ3) is 12.0.